The highest BCUT2D eigenvalue weighted by atomic mass is 32.1. The molecule has 68 valence electrons. The molecule has 0 aliphatic rings. The predicted octanol–water partition coefficient (Wildman–Crippen LogP) is 1.56. The minimum Gasteiger partial charge on any atom is -0.338 e. The molecule has 4 heteroatoms. The third-order valence-corrected chi connectivity index (χ3v) is 2.62. The summed E-state index contributed by atoms with van der Waals surface area (Å²) in [5, 5.41) is 12.7. The van der Waals surface area contributed by atoms with E-state index in [1.165, 1.54) is 11.3 Å². The van der Waals surface area contributed by atoms with E-state index in [1.807, 2.05) is 24.4 Å². The molecule has 1 heterocycles. The fourth-order valence-corrected chi connectivity index (χ4v) is 1.92. The maximum Gasteiger partial charge on any atom is 0.262 e. The van der Waals surface area contributed by atoms with E-state index in [-0.39, 0.29) is 12.5 Å². The van der Waals surface area contributed by atoms with E-state index < -0.39 is 0 Å². The number of amides is 1. The van der Waals surface area contributed by atoms with E-state index in [0.29, 0.717) is 0 Å². The SMILES string of the molecule is CCc1ccsc1C(=O)NCC#N. The number of nitriles is 1. The van der Waals surface area contributed by atoms with E-state index in [1.54, 1.807) is 0 Å². The lowest BCUT2D eigenvalue weighted by molar-refractivity contribution is 0.0961. The monoisotopic (exact) mass is 194 g/mol. The smallest absolute Gasteiger partial charge is 0.262 e. The van der Waals surface area contributed by atoms with Crippen molar-refractivity contribution in [3.05, 3.63) is 21.9 Å². The Morgan fingerprint density at radius 2 is 2.54 bits per heavy atom. The second kappa shape index (κ2) is 4.63. The van der Waals surface area contributed by atoms with Gasteiger partial charge in [0.1, 0.15) is 6.54 Å². The standard InChI is InChI=1S/C9H10N2OS/c1-2-7-3-6-13-8(7)9(12)11-5-4-10/h3,6H,2,5H2,1H3,(H,11,12). The second-order valence-corrected chi connectivity index (χ2v) is 3.39. The minimum atomic E-state index is -0.145. The molecule has 0 radical (unpaired) electrons. The Hall–Kier alpha value is -1.34. The number of carbonyl (C=O) groups is 1. The maximum absolute atomic E-state index is 11.4. The zero-order chi connectivity index (χ0) is 9.68. The van der Waals surface area contributed by atoms with E-state index in [2.05, 4.69) is 5.32 Å². The first-order valence-electron chi connectivity index (χ1n) is 4.01. The van der Waals surface area contributed by atoms with Gasteiger partial charge in [-0.2, -0.15) is 5.26 Å². The third-order valence-electron chi connectivity index (χ3n) is 1.66. The highest BCUT2D eigenvalue weighted by Gasteiger charge is 2.10. The highest BCUT2D eigenvalue weighted by Crippen LogP contribution is 2.16. The Kier molecular flexibility index (Phi) is 3.47. The van der Waals surface area contributed by atoms with Crippen LogP contribution in [0.4, 0.5) is 0 Å². The Morgan fingerprint density at radius 3 is 3.15 bits per heavy atom. The average Bonchev–Trinajstić information content (AvgIpc) is 2.61. The number of hydrogen-bond donors (Lipinski definition) is 1. The van der Waals surface area contributed by atoms with E-state index in [0.717, 1.165) is 16.9 Å². The van der Waals surface area contributed by atoms with Crippen LogP contribution in [0.5, 0.6) is 0 Å². The van der Waals surface area contributed by atoms with Crippen LogP contribution < -0.4 is 5.32 Å². The predicted molar refractivity (Wildman–Crippen MR) is 51.6 cm³/mol. The molecule has 1 amide bonds. The van der Waals surface area contributed by atoms with Crippen LogP contribution in [-0.2, 0) is 6.42 Å². The van der Waals surface area contributed by atoms with Gasteiger partial charge < -0.3 is 5.32 Å². The molecule has 0 aliphatic carbocycles. The molecule has 1 N–H and O–H groups in total. The fraction of sp³-hybridized carbons (Fsp3) is 0.333. The molecule has 1 aromatic rings. The van der Waals surface area contributed by atoms with Gasteiger partial charge in [0.25, 0.3) is 5.91 Å². The van der Waals surface area contributed by atoms with E-state index >= 15 is 0 Å². The van der Waals surface area contributed by atoms with Gasteiger partial charge in [0.2, 0.25) is 0 Å². The molecule has 0 bridgehead atoms. The van der Waals surface area contributed by atoms with Gasteiger partial charge in [-0.25, -0.2) is 0 Å². The largest absolute Gasteiger partial charge is 0.338 e. The summed E-state index contributed by atoms with van der Waals surface area (Å²) in [6, 6.07) is 3.81. The van der Waals surface area contributed by atoms with Gasteiger partial charge in [-0.05, 0) is 23.4 Å². The lowest BCUT2D eigenvalue weighted by atomic mass is 10.2. The molecule has 0 aliphatic heterocycles. The normalized spacial score (nSPS) is 9.23. The first-order chi connectivity index (χ1) is 6.29. The summed E-state index contributed by atoms with van der Waals surface area (Å²) in [6.45, 7) is 2.07. The topological polar surface area (TPSA) is 52.9 Å². The molecular formula is C9H10N2OS. The molecule has 0 saturated carbocycles. The van der Waals surface area contributed by atoms with Crippen molar-refractivity contribution in [2.24, 2.45) is 0 Å². The van der Waals surface area contributed by atoms with Gasteiger partial charge in [-0.15, -0.1) is 11.3 Å². The van der Waals surface area contributed by atoms with Crippen LogP contribution in [0, 0.1) is 11.3 Å². The van der Waals surface area contributed by atoms with Gasteiger partial charge in [-0.1, -0.05) is 6.92 Å². The highest BCUT2D eigenvalue weighted by molar-refractivity contribution is 7.12. The first-order valence-corrected chi connectivity index (χ1v) is 4.89. The van der Waals surface area contributed by atoms with E-state index in [9.17, 15) is 4.79 Å². The number of thiophene rings is 1. The van der Waals surface area contributed by atoms with Crippen molar-refractivity contribution in [3.63, 3.8) is 0 Å². The number of hydrogen-bond acceptors (Lipinski definition) is 3. The average molecular weight is 194 g/mol. The number of nitrogens with zero attached hydrogens (tertiary/aromatic N) is 1. The zero-order valence-electron chi connectivity index (χ0n) is 7.33. The molecule has 0 aromatic carbocycles. The molecule has 13 heavy (non-hydrogen) atoms. The third kappa shape index (κ3) is 2.30. The molecule has 1 rings (SSSR count). The summed E-state index contributed by atoms with van der Waals surface area (Å²) in [5.74, 6) is -0.145. The molecule has 0 unspecified atom stereocenters. The number of rotatable bonds is 3. The Balaban J connectivity index is 2.71. The first kappa shape index (κ1) is 9.75. The summed E-state index contributed by atoms with van der Waals surface area (Å²) in [6.07, 6.45) is 0.846. The van der Waals surface area contributed by atoms with Gasteiger partial charge in [0.05, 0.1) is 10.9 Å². The van der Waals surface area contributed by atoms with Crippen molar-refractivity contribution >= 4 is 17.2 Å². The van der Waals surface area contributed by atoms with Crippen LogP contribution >= 0.6 is 11.3 Å². The van der Waals surface area contributed by atoms with Gasteiger partial charge >= 0.3 is 0 Å². The van der Waals surface area contributed by atoms with Crippen molar-refractivity contribution in [1.82, 2.24) is 5.32 Å². The van der Waals surface area contributed by atoms with Crippen molar-refractivity contribution in [3.8, 4) is 6.07 Å². The van der Waals surface area contributed by atoms with Crippen LogP contribution in [0.2, 0.25) is 0 Å². The molecule has 0 atom stereocenters. The molecule has 0 spiro atoms. The maximum atomic E-state index is 11.4. The Morgan fingerprint density at radius 1 is 1.77 bits per heavy atom. The molecule has 0 fully saturated rings. The van der Waals surface area contributed by atoms with Gasteiger partial charge in [-0.3, -0.25) is 4.79 Å². The summed E-state index contributed by atoms with van der Waals surface area (Å²) in [7, 11) is 0. The Bertz CT molecular complexity index is 338. The summed E-state index contributed by atoms with van der Waals surface area (Å²) in [5.41, 5.74) is 1.04. The fourth-order valence-electron chi connectivity index (χ4n) is 1.01. The van der Waals surface area contributed by atoms with Crippen LogP contribution in [0.1, 0.15) is 22.2 Å². The quantitative estimate of drug-likeness (QED) is 0.742. The van der Waals surface area contributed by atoms with Crippen molar-refractivity contribution in [1.29, 1.82) is 5.26 Å². The van der Waals surface area contributed by atoms with Crippen molar-refractivity contribution < 1.29 is 4.79 Å². The van der Waals surface area contributed by atoms with Crippen LogP contribution in [0.15, 0.2) is 11.4 Å². The van der Waals surface area contributed by atoms with Crippen molar-refractivity contribution in [2.45, 2.75) is 13.3 Å². The van der Waals surface area contributed by atoms with Gasteiger partial charge in [0, 0.05) is 0 Å². The lowest BCUT2D eigenvalue weighted by Gasteiger charge is -1.99. The molecular weight excluding hydrogens is 184 g/mol. The van der Waals surface area contributed by atoms with Crippen molar-refractivity contribution in [2.75, 3.05) is 6.54 Å². The van der Waals surface area contributed by atoms with Crippen LogP contribution in [0.3, 0.4) is 0 Å². The summed E-state index contributed by atoms with van der Waals surface area (Å²) < 4.78 is 0. The summed E-state index contributed by atoms with van der Waals surface area (Å²) >= 11 is 1.41. The molecule has 0 saturated heterocycles. The van der Waals surface area contributed by atoms with Crippen LogP contribution in [-0.4, -0.2) is 12.5 Å². The van der Waals surface area contributed by atoms with E-state index in [4.69, 9.17) is 5.26 Å². The number of carbonyl (C=O) groups excluding carboxylic acids is 1. The zero-order valence-corrected chi connectivity index (χ0v) is 8.15. The number of aryl methyl sites for hydroxylation is 1. The van der Waals surface area contributed by atoms with Crippen LogP contribution in [0.25, 0.3) is 0 Å². The lowest BCUT2D eigenvalue weighted by Crippen LogP contribution is -2.23. The summed E-state index contributed by atoms with van der Waals surface area (Å²) in [4.78, 5) is 12.1. The number of nitrogens with one attached hydrogen (secondary N) is 1. The molecule has 1 aromatic heterocycles. The Labute approximate surface area is 81.0 Å². The molecule has 3 nitrogen and oxygen atoms in total. The minimum absolute atomic E-state index is 0.0693. The second-order valence-electron chi connectivity index (χ2n) is 2.47. The van der Waals surface area contributed by atoms with Gasteiger partial charge in [0.15, 0.2) is 0 Å².